The predicted octanol–water partition coefficient (Wildman–Crippen LogP) is 2.23. The van der Waals surface area contributed by atoms with Crippen LogP contribution in [0.25, 0.3) is 16.6 Å². The fraction of sp³-hybridized carbons (Fsp3) is 0.389. The number of nitrogens with zero attached hydrogens (tertiary/aromatic N) is 5. The van der Waals surface area contributed by atoms with Gasteiger partial charge in [-0.2, -0.15) is 10.2 Å². The van der Waals surface area contributed by atoms with Crippen molar-refractivity contribution < 1.29 is 0 Å². The minimum atomic E-state index is -0.0934. The lowest BCUT2D eigenvalue weighted by Crippen LogP contribution is -2.33. The molecule has 0 fully saturated rings. The third kappa shape index (κ3) is 2.97. The molecule has 0 saturated heterocycles. The summed E-state index contributed by atoms with van der Waals surface area (Å²) in [5.41, 5.74) is 2.20. The molecule has 0 bridgehead atoms. The SMILES string of the molecule is CCN(CC)CCn1nc(C)c2cnn(-c3ccccc3)c2c1=O. The number of likely N-dealkylation sites (N-methyl/N-ethyl adjacent to an activating group) is 1. The molecule has 3 aromatic rings. The quantitative estimate of drug-likeness (QED) is 0.697. The van der Waals surface area contributed by atoms with Crippen LogP contribution in [0.4, 0.5) is 0 Å². The molecule has 0 aliphatic heterocycles. The molecular formula is C18H23N5O. The summed E-state index contributed by atoms with van der Waals surface area (Å²) in [4.78, 5) is 15.2. The fourth-order valence-electron chi connectivity index (χ4n) is 2.91. The van der Waals surface area contributed by atoms with Crippen LogP contribution in [0.2, 0.25) is 0 Å². The highest BCUT2D eigenvalue weighted by molar-refractivity contribution is 5.81. The van der Waals surface area contributed by atoms with E-state index in [1.54, 1.807) is 15.6 Å². The van der Waals surface area contributed by atoms with Gasteiger partial charge >= 0.3 is 0 Å². The van der Waals surface area contributed by atoms with Crippen molar-refractivity contribution in [1.29, 1.82) is 0 Å². The van der Waals surface area contributed by atoms with Gasteiger partial charge in [-0.15, -0.1) is 0 Å². The molecule has 6 nitrogen and oxygen atoms in total. The minimum Gasteiger partial charge on any atom is -0.302 e. The first kappa shape index (κ1) is 16.4. The standard InChI is InChI=1S/C18H23N5O/c1-4-21(5-2)11-12-22-18(24)17-16(14(3)20-22)13-19-23(17)15-9-7-6-8-10-15/h6-10,13H,4-5,11-12H2,1-3H3. The Morgan fingerprint density at radius 1 is 1.12 bits per heavy atom. The van der Waals surface area contributed by atoms with Crippen LogP contribution in [0, 0.1) is 6.92 Å². The maximum atomic E-state index is 12.9. The second-order valence-corrected chi connectivity index (χ2v) is 5.79. The lowest BCUT2D eigenvalue weighted by molar-refractivity contribution is 0.282. The zero-order valence-electron chi connectivity index (χ0n) is 14.4. The van der Waals surface area contributed by atoms with Crippen molar-refractivity contribution in [2.75, 3.05) is 19.6 Å². The van der Waals surface area contributed by atoms with E-state index in [1.165, 1.54) is 0 Å². The van der Waals surface area contributed by atoms with Gasteiger partial charge in [0.1, 0.15) is 5.52 Å². The number of para-hydroxylation sites is 1. The van der Waals surface area contributed by atoms with E-state index < -0.39 is 0 Å². The van der Waals surface area contributed by atoms with E-state index in [0.29, 0.717) is 12.1 Å². The molecule has 0 radical (unpaired) electrons. The Kier molecular flexibility index (Phi) is 4.76. The van der Waals surface area contributed by atoms with Crippen LogP contribution in [0.5, 0.6) is 0 Å². The summed E-state index contributed by atoms with van der Waals surface area (Å²) in [5, 5.41) is 9.69. The van der Waals surface area contributed by atoms with Gasteiger partial charge < -0.3 is 4.90 Å². The smallest absolute Gasteiger partial charge is 0.293 e. The average Bonchev–Trinajstić information content (AvgIpc) is 3.06. The van der Waals surface area contributed by atoms with Crippen LogP contribution >= 0.6 is 0 Å². The van der Waals surface area contributed by atoms with Gasteiger partial charge in [-0.25, -0.2) is 9.36 Å². The Hall–Kier alpha value is -2.47. The summed E-state index contributed by atoms with van der Waals surface area (Å²) in [5.74, 6) is 0. The molecule has 0 atom stereocenters. The molecule has 0 aliphatic carbocycles. The molecule has 126 valence electrons. The summed E-state index contributed by atoms with van der Waals surface area (Å²) < 4.78 is 3.28. The molecule has 0 spiro atoms. The molecule has 6 heteroatoms. The number of hydrogen-bond acceptors (Lipinski definition) is 4. The molecule has 0 unspecified atom stereocenters. The molecule has 0 amide bonds. The van der Waals surface area contributed by atoms with Gasteiger partial charge in [0, 0.05) is 11.9 Å². The van der Waals surface area contributed by atoms with E-state index in [1.807, 2.05) is 37.3 Å². The fourth-order valence-corrected chi connectivity index (χ4v) is 2.91. The lowest BCUT2D eigenvalue weighted by atomic mass is 10.2. The molecule has 0 N–H and O–H groups in total. The second kappa shape index (κ2) is 6.97. The van der Waals surface area contributed by atoms with Crippen molar-refractivity contribution >= 4 is 10.9 Å². The number of hydrogen-bond donors (Lipinski definition) is 0. The number of fused-ring (bicyclic) bond motifs is 1. The summed E-state index contributed by atoms with van der Waals surface area (Å²) in [6.07, 6.45) is 1.72. The van der Waals surface area contributed by atoms with Gasteiger partial charge in [0.25, 0.3) is 5.56 Å². The van der Waals surface area contributed by atoms with Crippen molar-refractivity contribution in [1.82, 2.24) is 24.5 Å². The minimum absolute atomic E-state index is 0.0934. The highest BCUT2D eigenvalue weighted by Gasteiger charge is 2.15. The number of benzene rings is 1. The van der Waals surface area contributed by atoms with Crippen molar-refractivity contribution in [3.63, 3.8) is 0 Å². The Labute approximate surface area is 141 Å². The molecular weight excluding hydrogens is 302 g/mol. The first-order chi connectivity index (χ1) is 11.7. The maximum Gasteiger partial charge on any atom is 0.293 e. The summed E-state index contributed by atoms with van der Waals surface area (Å²) in [6, 6.07) is 9.72. The van der Waals surface area contributed by atoms with E-state index in [9.17, 15) is 4.79 Å². The van der Waals surface area contributed by atoms with Crippen LogP contribution in [0.1, 0.15) is 19.5 Å². The topological polar surface area (TPSA) is 56.0 Å². The highest BCUT2D eigenvalue weighted by Crippen LogP contribution is 2.16. The first-order valence-corrected chi connectivity index (χ1v) is 8.39. The van der Waals surface area contributed by atoms with Gasteiger partial charge in [0.05, 0.1) is 24.1 Å². The van der Waals surface area contributed by atoms with E-state index in [-0.39, 0.29) is 5.56 Å². The molecule has 0 saturated carbocycles. The van der Waals surface area contributed by atoms with Crippen LogP contribution in [0.3, 0.4) is 0 Å². The predicted molar refractivity (Wildman–Crippen MR) is 95.7 cm³/mol. The lowest BCUT2D eigenvalue weighted by Gasteiger charge is -2.18. The highest BCUT2D eigenvalue weighted by atomic mass is 16.1. The second-order valence-electron chi connectivity index (χ2n) is 5.79. The zero-order valence-corrected chi connectivity index (χ0v) is 14.4. The number of aryl methyl sites for hydroxylation is 1. The maximum absolute atomic E-state index is 12.9. The van der Waals surface area contributed by atoms with Crippen LogP contribution < -0.4 is 5.56 Å². The summed E-state index contributed by atoms with van der Waals surface area (Å²) in [6.45, 7) is 9.49. The van der Waals surface area contributed by atoms with E-state index >= 15 is 0 Å². The third-order valence-corrected chi connectivity index (χ3v) is 4.39. The van der Waals surface area contributed by atoms with Gasteiger partial charge in [-0.05, 0) is 32.1 Å². The molecule has 1 aromatic carbocycles. The zero-order chi connectivity index (χ0) is 17.1. The Balaban J connectivity index is 2.07. The van der Waals surface area contributed by atoms with Gasteiger partial charge in [-0.1, -0.05) is 32.0 Å². The molecule has 3 rings (SSSR count). The summed E-state index contributed by atoms with van der Waals surface area (Å²) in [7, 11) is 0. The Morgan fingerprint density at radius 2 is 1.83 bits per heavy atom. The monoisotopic (exact) mass is 325 g/mol. The van der Waals surface area contributed by atoms with Crippen molar-refractivity contribution in [3.05, 3.63) is 52.6 Å². The number of aromatic nitrogens is 4. The Bertz CT molecular complexity index is 878. The van der Waals surface area contributed by atoms with Crippen molar-refractivity contribution in [3.8, 4) is 5.69 Å². The molecule has 0 aliphatic rings. The van der Waals surface area contributed by atoms with E-state index in [4.69, 9.17) is 0 Å². The molecule has 2 aromatic heterocycles. The molecule has 24 heavy (non-hydrogen) atoms. The summed E-state index contributed by atoms with van der Waals surface area (Å²) >= 11 is 0. The third-order valence-electron chi connectivity index (χ3n) is 4.39. The van der Waals surface area contributed by atoms with Gasteiger partial charge in [0.2, 0.25) is 0 Å². The van der Waals surface area contributed by atoms with E-state index in [2.05, 4.69) is 28.9 Å². The van der Waals surface area contributed by atoms with Gasteiger partial charge in [-0.3, -0.25) is 4.79 Å². The van der Waals surface area contributed by atoms with Crippen LogP contribution in [0.15, 0.2) is 41.3 Å². The largest absolute Gasteiger partial charge is 0.302 e. The normalized spacial score (nSPS) is 11.5. The Morgan fingerprint density at radius 3 is 2.50 bits per heavy atom. The average molecular weight is 325 g/mol. The molecule has 2 heterocycles. The van der Waals surface area contributed by atoms with Crippen LogP contribution in [-0.2, 0) is 6.54 Å². The first-order valence-electron chi connectivity index (χ1n) is 8.39. The number of rotatable bonds is 6. The van der Waals surface area contributed by atoms with Crippen molar-refractivity contribution in [2.24, 2.45) is 0 Å². The van der Waals surface area contributed by atoms with E-state index in [0.717, 1.165) is 36.4 Å². The van der Waals surface area contributed by atoms with Crippen molar-refractivity contribution in [2.45, 2.75) is 27.3 Å². The van der Waals surface area contributed by atoms with Crippen LogP contribution in [-0.4, -0.2) is 44.1 Å². The van der Waals surface area contributed by atoms with Gasteiger partial charge in [0.15, 0.2) is 0 Å².